The number of carbonyl (C=O) groups excluding carboxylic acids is 3. The van der Waals surface area contributed by atoms with Gasteiger partial charge in [0, 0.05) is 12.1 Å². The third kappa shape index (κ3) is 5.20. The van der Waals surface area contributed by atoms with E-state index in [0.29, 0.717) is 35.4 Å². The number of hydrogen-bond acceptors (Lipinski definition) is 7. The average molecular weight is 503 g/mol. The number of nitrogens with zero attached hydrogens (tertiary/aromatic N) is 2. The Morgan fingerprint density at radius 2 is 1.59 bits per heavy atom. The highest BCUT2D eigenvalue weighted by atomic mass is 16.5. The van der Waals surface area contributed by atoms with Crippen LogP contribution >= 0.6 is 0 Å². The zero-order valence-corrected chi connectivity index (χ0v) is 21.4. The predicted octanol–water partition coefficient (Wildman–Crippen LogP) is 4.01. The van der Waals surface area contributed by atoms with Crippen LogP contribution in [0.4, 0.5) is 0 Å². The van der Waals surface area contributed by atoms with Gasteiger partial charge in [-0.2, -0.15) is 0 Å². The molecule has 1 aliphatic heterocycles. The Balaban J connectivity index is 1.80. The minimum Gasteiger partial charge on any atom is -0.507 e. The van der Waals surface area contributed by atoms with Gasteiger partial charge in [0.05, 0.1) is 31.4 Å². The quantitative estimate of drug-likeness (QED) is 0.215. The molecule has 4 rings (SSSR count). The smallest absolute Gasteiger partial charge is 0.337 e. The maximum atomic E-state index is 13.3. The molecule has 8 heteroatoms. The SMILES string of the molecule is COC(=O)c1ccc(C2/C(=C(\O)c3ccc4cc(OC)ccc4c3)C(=O)C(=O)N2CCCN(C)C)cc1. The number of amides is 1. The molecule has 1 aliphatic rings. The van der Waals surface area contributed by atoms with Gasteiger partial charge < -0.3 is 24.4 Å². The molecule has 1 saturated heterocycles. The third-order valence-corrected chi connectivity index (χ3v) is 6.51. The monoisotopic (exact) mass is 502 g/mol. The van der Waals surface area contributed by atoms with Crippen molar-refractivity contribution < 1.29 is 29.0 Å². The highest BCUT2D eigenvalue weighted by Crippen LogP contribution is 2.40. The van der Waals surface area contributed by atoms with E-state index in [1.54, 1.807) is 43.5 Å². The second kappa shape index (κ2) is 10.8. The number of ketones is 1. The van der Waals surface area contributed by atoms with Gasteiger partial charge in [0.2, 0.25) is 0 Å². The Morgan fingerprint density at radius 1 is 0.946 bits per heavy atom. The van der Waals surface area contributed by atoms with Crippen LogP contribution < -0.4 is 4.74 Å². The number of rotatable bonds is 8. The standard InChI is InChI=1S/C29H30N2O6/c1-30(2)14-5-15-31-25(18-6-8-19(9-7-18)29(35)37-4)24(27(33)28(31)34)26(32)22-11-10-21-17-23(36-3)13-12-20(21)16-22/h6-13,16-17,25,32H,5,14-15H2,1-4H3/b26-24+. The van der Waals surface area contributed by atoms with E-state index in [1.807, 2.05) is 43.3 Å². The summed E-state index contributed by atoms with van der Waals surface area (Å²) < 4.78 is 10.1. The number of methoxy groups -OCH3 is 2. The number of aliphatic hydroxyl groups excluding tert-OH is 1. The molecule has 3 aromatic rings. The number of esters is 1. The fraction of sp³-hybridized carbons (Fsp3) is 0.276. The first-order valence-corrected chi connectivity index (χ1v) is 11.9. The molecule has 0 spiro atoms. The van der Waals surface area contributed by atoms with E-state index in [0.717, 1.165) is 17.3 Å². The lowest BCUT2D eigenvalue weighted by Crippen LogP contribution is -2.32. The number of likely N-dealkylation sites (tertiary alicyclic amines) is 1. The molecule has 1 heterocycles. The molecule has 0 aromatic heterocycles. The van der Waals surface area contributed by atoms with Crippen molar-refractivity contribution in [3.63, 3.8) is 0 Å². The van der Waals surface area contributed by atoms with E-state index < -0.39 is 23.7 Å². The van der Waals surface area contributed by atoms with Crippen LogP contribution in [0.1, 0.15) is 33.9 Å². The summed E-state index contributed by atoms with van der Waals surface area (Å²) in [6.07, 6.45) is 0.647. The van der Waals surface area contributed by atoms with Crippen molar-refractivity contribution in [3.8, 4) is 5.75 Å². The summed E-state index contributed by atoms with van der Waals surface area (Å²) in [5.74, 6) is -1.41. The van der Waals surface area contributed by atoms with Crippen LogP contribution in [0.2, 0.25) is 0 Å². The highest BCUT2D eigenvalue weighted by molar-refractivity contribution is 6.46. The van der Waals surface area contributed by atoms with Crippen molar-refractivity contribution in [3.05, 3.63) is 82.9 Å². The maximum absolute atomic E-state index is 13.3. The summed E-state index contributed by atoms with van der Waals surface area (Å²) in [4.78, 5) is 41.8. The molecule has 1 amide bonds. The second-order valence-electron chi connectivity index (χ2n) is 9.19. The molecule has 0 bridgehead atoms. The Bertz CT molecular complexity index is 1380. The van der Waals surface area contributed by atoms with Crippen LogP contribution in [-0.4, -0.2) is 74.0 Å². The second-order valence-corrected chi connectivity index (χ2v) is 9.19. The highest BCUT2D eigenvalue weighted by Gasteiger charge is 2.45. The molecule has 8 nitrogen and oxygen atoms in total. The number of carbonyl (C=O) groups is 3. The summed E-state index contributed by atoms with van der Waals surface area (Å²) in [6, 6.07) is 16.6. The molecule has 1 unspecified atom stereocenters. The fourth-order valence-corrected chi connectivity index (χ4v) is 4.59. The Morgan fingerprint density at radius 3 is 2.24 bits per heavy atom. The zero-order chi connectivity index (χ0) is 26.7. The molecule has 0 radical (unpaired) electrons. The lowest BCUT2D eigenvalue weighted by molar-refractivity contribution is -0.139. The largest absolute Gasteiger partial charge is 0.507 e. The van der Waals surface area contributed by atoms with E-state index in [9.17, 15) is 19.5 Å². The van der Waals surface area contributed by atoms with E-state index in [-0.39, 0.29) is 11.3 Å². The van der Waals surface area contributed by atoms with E-state index >= 15 is 0 Å². The van der Waals surface area contributed by atoms with E-state index in [4.69, 9.17) is 9.47 Å². The van der Waals surface area contributed by atoms with E-state index in [2.05, 4.69) is 0 Å². The minimum absolute atomic E-state index is 0.0218. The van der Waals surface area contributed by atoms with Crippen molar-refractivity contribution >= 4 is 34.2 Å². The summed E-state index contributed by atoms with van der Waals surface area (Å²) in [5.41, 5.74) is 1.42. The Hall–Kier alpha value is -4.17. The van der Waals surface area contributed by atoms with Crippen LogP contribution in [0.25, 0.3) is 16.5 Å². The molecule has 1 atom stereocenters. The van der Waals surface area contributed by atoms with Gasteiger partial charge in [-0.3, -0.25) is 9.59 Å². The van der Waals surface area contributed by atoms with Crippen LogP contribution in [0.15, 0.2) is 66.2 Å². The van der Waals surface area contributed by atoms with Gasteiger partial charge in [-0.25, -0.2) is 4.79 Å². The predicted molar refractivity (Wildman–Crippen MR) is 140 cm³/mol. The van der Waals surface area contributed by atoms with Crippen LogP contribution in [-0.2, 0) is 14.3 Å². The number of benzene rings is 3. The molecule has 1 fully saturated rings. The zero-order valence-electron chi connectivity index (χ0n) is 21.4. The molecule has 37 heavy (non-hydrogen) atoms. The number of ether oxygens (including phenoxy) is 2. The first kappa shape index (κ1) is 25.9. The summed E-state index contributed by atoms with van der Waals surface area (Å²) in [5, 5.41) is 13.1. The van der Waals surface area contributed by atoms with Gasteiger partial charge in [-0.1, -0.05) is 30.3 Å². The number of Topliss-reactive ketones (excluding diaryl/α,β-unsaturated/α-hetero) is 1. The molecule has 3 aromatic carbocycles. The minimum atomic E-state index is -0.791. The normalized spacial score (nSPS) is 17.0. The van der Waals surface area contributed by atoms with Crippen molar-refractivity contribution in [1.29, 1.82) is 0 Å². The van der Waals surface area contributed by atoms with Gasteiger partial charge in [0.1, 0.15) is 11.5 Å². The number of fused-ring (bicyclic) bond motifs is 1. The van der Waals surface area contributed by atoms with Crippen molar-refractivity contribution in [1.82, 2.24) is 9.80 Å². The van der Waals surface area contributed by atoms with E-state index in [1.165, 1.54) is 12.0 Å². The Kier molecular flexibility index (Phi) is 7.59. The molecule has 192 valence electrons. The summed E-state index contributed by atoms with van der Waals surface area (Å²) in [6.45, 7) is 1.06. The van der Waals surface area contributed by atoms with Gasteiger partial charge >= 0.3 is 5.97 Å². The molecular formula is C29H30N2O6. The summed E-state index contributed by atoms with van der Waals surface area (Å²) >= 11 is 0. The lowest BCUT2D eigenvalue weighted by atomic mass is 9.94. The van der Waals surface area contributed by atoms with Crippen LogP contribution in [0.3, 0.4) is 0 Å². The van der Waals surface area contributed by atoms with Crippen molar-refractivity contribution in [2.24, 2.45) is 0 Å². The van der Waals surface area contributed by atoms with Crippen LogP contribution in [0.5, 0.6) is 5.75 Å². The van der Waals surface area contributed by atoms with Gasteiger partial charge in [-0.15, -0.1) is 0 Å². The van der Waals surface area contributed by atoms with Crippen LogP contribution in [0, 0.1) is 0 Å². The lowest BCUT2D eigenvalue weighted by Gasteiger charge is -2.26. The Labute approximate surface area is 215 Å². The van der Waals surface area contributed by atoms with Gasteiger partial charge in [0.15, 0.2) is 0 Å². The van der Waals surface area contributed by atoms with Crippen molar-refractivity contribution in [2.75, 3.05) is 41.4 Å². The molecule has 0 saturated carbocycles. The van der Waals surface area contributed by atoms with Gasteiger partial charge in [-0.05, 0) is 73.7 Å². The van der Waals surface area contributed by atoms with Crippen molar-refractivity contribution in [2.45, 2.75) is 12.5 Å². The maximum Gasteiger partial charge on any atom is 0.337 e. The average Bonchev–Trinajstić information content (AvgIpc) is 3.16. The van der Waals surface area contributed by atoms with Gasteiger partial charge in [0.25, 0.3) is 11.7 Å². The summed E-state index contributed by atoms with van der Waals surface area (Å²) in [7, 11) is 6.77. The molecule has 1 N–H and O–H groups in total. The fourth-order valence-electron chi connectivity index (χ4n) is 4.59. The first-order chi connectivity index (χ1) is 17.7. The molecular weight excluding hydrogens is 472 g/mol. The number of aliphatic hydroxyl groups is 1. The number of hydrogen-bond donors (Lipinski definition) is 1. The molecule has 0 aliphatic carbocycles. The first-order valence-electron chi connectivity index (χ1n) is 11.9. The third-order valence-electron chi connectivity index (χ3n) is 6.51. The topological polar surface area (TPSA) is 96.4 Å².